The molecule has 2 aliphatic rings. The van der Waals surface area contributed by atoms with Crippen LogP contribution in [0.5, 0.6) is 0 Å². The summed E-state index contributed by atoms with van der Waals surface area (Å²) in [4.78, 5) is 4.89. The second kappa shape index (κ2) is 7.28. The molecule has 136 valence electrons. The number of halogens is 3. The van der Waals surface area contributed by atoms with E-state index in [9.17, 15) is 0 Å². The van der Waals surface area contributed by atoms with Gasteiger partial charge in [0.05, 0.1) is 21.3 Å². The van der Waals surface area contributed by atoms with E-state index >= 15 is 0 Å². The first-order valence-electron chi connectivity index (χ1n) is 8.62. The van der Waals surface area contributed by atoms with Gasteiger partial charge in [-0.1, -0.05) is 46.9 Å². The molecule has 1 saturated heterocycles. The zero-order valence-corrected chi connectivity index (χ0v) is 16.3. The van der Waals surface area contributed by atoms with E-state index in [4.69, 9.17) is 39.8 Å². The lowest BCUT2D eigenvalue weighted by Gasteiger charge is -2.43. The van der Waals surface area contributed by atoms with E-state index < -0.39 is 0 Å². The SMILES string of the molecule is Clc1cccc(CNC2=Nc3c(Cl)ccc(Cl)c3NC23CCNCC3)c1. The molecule has 4 rings (SSSR count). The number of hydrogen-bond acceptors (Lipinski definition) is 4. The molecule has 0 saturated carbocycles. The average molecular weight is 410 g/mol. The third-order valence-electron chi connectivity index (χ3n) is 4.93. The molecule has 2 heterocycles. The summed E-state index contributed by atoms with van der Waals surface area (Å²) in [7, 11) is 0. The zero-order valence-electron chi connectivity index (χ0n) is 14.1. The Hall–Kier alpha value is -1.46. The highest BCUT2D eigenvalue weighted by Gasteiger charge is 2.41. The number of amidine groups is 1. The molecule has 0 amide bonds. The predicted octanol–water partition coefficient (Wildman–Crippen LogP) is 5.01. The lowest BCUT2D eigenvalue weighted by atomic mass is 9.85. The summed E-state index contributed by atoms with van der Waals surface area (Å²) in [6, 6.07) is 11.4. The standard InChI is InChI=1S/C19H19Cl3N4/c20-13-3-1-2-12(10-13)11-24-18-19(6-8-23-9-7-19)26-17-15(22)5-4-14(21)16(17)25-18/h1-5,10,23,26H,6-9,11H2,(H,24,25). The molecule has 7 heteroatoms. The van der Waals surface area contributed by atoms with Gasteiger partial charge >= 0.3 is 0 Å². The largest absolute Gasteiger partial charge is 0.370 e. The molecule has 2 aliphatic heterocycles. The van der Waals surface area contributed by atoms with Crippen molar-refractivity contribution >= 4 is 52.0 Å². The summed E-state index contributed by atoms with van der Waals surface area (Å²) >= 11 is 18.9. The van der Waals surface area contributed by atoms with E-state index in [0.717, 1.165) is 48.0 Å². The van der Waals surface area contributed by atoms with Gasteiger partial charge in [0.25, 0.3) is 0 Å². The van der Waals surface area contributed by atoms with Crippen LogP contribution < -0.4 is 16.0 Å². The number of benzene rings is 2. The average Bonchev–Trinajstić information content (AvgIpc) is 2.64. The van der Waals surface area contributed by atoms with Crippen LogP contribution in [-0.2, 0) is 6.54 Å². The topological polar surface area (TPSA) is 48.5 Å². The minimum Gasteiger partial charge on any atom is -0.370 e. The van der Waals surface area contributed by atoms with E-state index in [1.54, 1.807) is 6.07 Å². The molecule has 4 nitrogen and oxygen atoms in total. The summed E-state index contributed by atoms with van der Waals surface area (Å²) in [5.41, 5.74) is 2.34. The minimum absolute atomic E-state index is 0.273. The third kappa shape index (κ3) is 3.39. The van der Waals surface area contributed by atoms with Gasteiger partial charge in [0.15, 0.2) is 0 Å². The Balaban J connectivity index is 1.70. The van der Waals surface area contributed by atoms with Crippen LogP contribution in [0.15, 0.2) is 41.4 Å². The molecule has 1 spiro atoms. The number of rotatable bonds is 2. The fourth-order valence-electron chi connectivity index (χ4n) is 3.54. The van der Waals surface area contributed by atoms with E-state index in [1.807, 2.05) is 30.3 Å². The third-order valence-corrected chi connectivity index (χ3v) is 5.78. The number of fused-ring (bicyclic) bond motifs is 1. The van der Waals surface area contributed by atoms with E-state index in [2.05, 4.69) is 16.0 Å². The maximum absolute atomic E-state index is 6.41. The summed E-state index contributed by atoms with van der Waals surface area (Å²) in [5.74, 6) is 0.899. The molecule has 26 heavy (non-hydrogen) atoms. The maximum atomic E-state index is 6.41. The van der Waals surface area contributed by atoms with Crippen LogP contribution >= 0.6 is 34.8 Å². The second-order valence-electron chi connectivity index (χ2n) is 6.65. The molecule has 0 atom stereocenters. The molecule has 1 fully saturated rings. The van der Waals surface area contributed by atoms with Crippen LogP contribution in [0.3, 0.4) is 0 Å². The predicted molar refractivity (Wildman–Crippen MR) is 110 cm³/mol. The van der Waals surface area contributed by atoms with Crippen LogP contribution in [0.2, 0.25) is 15.1 Å². The van der Waals surface area contributed by atoms with Gasteiger partial charge in [0.2, 0.25) is 0 Å². The Morgan fingerprint density at radius 3 is 2.58 bits per heavy atom. The Morgan fingerprint density at radius 1 is 1.04 bits per heavy atom. The molecule has 2 aromatic rings. The van der Waals surface area contributed by atoms with Crippen molar-refractivity contribution in [3.05, 3.63) is 57.0 Å². The monoisotopic (exact) mass is 408 g/mol. The summed E-state index contributed by atoms with van der Waals surface area (Å²) < 4.78 is 0. The van der Waals surface area contributed by atoms with Gasteiger partial charge in [-0.3, -0.25) is 0 Å². The fourth-order valence-corrected chi connectivity index (χ4v) is 4.16. The van der Waals surface area contributed by atoms with Crippen molar-refractivity contribution in [2.45, 2.75) is 24.9 Å². The molecule has 2 aromatic carbocycles. The van der Waals surface area contributed by atoms with Crippen LogP contribution in [0.1, 0.15) is 18.4 Å². The molecule has 0 aliphatic carbocycles. The maximum Gasteiger partial charge on any atom is 0.129 e. The van der Waals surface area contributed by atoms with Gasteiger partial charge in [-0.15, -0.1) is 0 Å². The molecule has 0 unspecified atom stereocenters. The fraction of sp³-hybridized carbons (Fsp3) is 0.316. The Labute approximate surface area is 167 Å². The number of nitrogens with one attached hydrogen (secondary N) is 3. The highest BCUT2D eigenvalue weighted by Crippen LogP contribution is 2.45. The lowest BCUT2D eigenvalue weighted by molar-refractivity contribution is 0.412. The Morgan fingerprint density at radius 2 is 1.81 bits per heavy atom. The Bertz CT molecular complexity index is 860. The van der Waals surface area contributed by atoms with Crippen molar-refractivity contribution < 1.29 is 0 Å². The van der Waals surface area contributed by atoms with Crippen molar-refractivity contribution in [1.29, 1.82) is 0 Å². The van der Waals surface area contributed by atoms with E-state index in [-0.39, 0.29) is 5.54 Å². The van der Waals surface area contributed by atoms with Crippen molar-refractivity contribution in [3.63, 3.8) is 0 Å². The van der Waals surface area contributed by atoms with Crippen molar-refractivity contribution in [2.24, 2.45) is 4.99 Å². The van der Waals surface area contributed by atoms with Crippen LogP contribution in [0.4, 0.5) is 11.4 Å². The molecule has 3 N–H and O–H groups in total. The summed E-state index contributed by atoms with van der Waals surface area (Å²) in [5, 5.41) is 12.5. The molecule has 0 bridgehead atoms. The minimum atomic E-state index is -0.273. The van der Waals surface area contributed by atoms with Gasteiger partial charge in [-0.2, -0.15) is 0 Å². The first-order chi connectivity index (χ1) is 12.6. The lowest BCUT2D eigenvalue weighted by Crippen LogP contribution is -2.58. The van der Waals surface area contributed by atoms with Crippen LogP contribution in [0.25, 0.3) is 0 Å². The zero-order chi connectivity index (χ0) is 18.1. The van der Waals surface area contributed by atoms with Crippen LogP contribution in [-0.4, -0.2) is 24.5 Å². The molecule has 0 radical (unpaired) electrons. The first kappa shape index (κ1) is 17.9. The quantitative estimate of drug-likeness (QED) is 0.653. The number of hydrogen-bond donors (Lipinski definition) is 3. The second-order valence-corrected chi connectivity index (χ2v) is 7.90. The number of nitrogens with zero attached hydrogens (tertiary/aromatic N) is 1. The van der Waals surface area contributed by atoms with Crippen molar-refractivity contribution in [1.82, 2.24) is 10.6 Å². The van der Waals surface area contributed by atoms with E-state index in [0.29, 0.717) is 22.3 Å². The Kier molecular flexibility index (Phi) is 5.02. The normalized spacial score (nSPS) is 18.0. The van der Waals surface area contributed by atoms with Gasteiger partial charge < -0.3 is 16.0 Å². The smallest absolute Gasteiger partial charge is 0.129 e. The van der Waals surface area contributed by atoms with Gasteiger partial charge in [0.1, 0.15) is 11.5 Å². The van der Waals surface area contributed by atoms with Gasteiger partial charge in [-0.25, -0.2) is 4.99 Å². The first-order valence-corrected chi connectivity index (χ1v) is 9.75. The van der Waals surface area contributed by atoms with Crippen LogP contribution in [0, 0.1) is 0 Å². The summed E-state index contributed by atoms with van der Waals surface area (Å²) in [6.07, 6.45) is 1.83. The summed E-state index contributed by atoms with van der Waals surface area (Å²) in [6.45, 7) is 2.47. The highest BCUT2D eigenvalue weighted by atomic mass is 35.5. The number of anilines is 1. The molecular weight excluding hydrogens is 391 g/mol. The number of piperidine rings is 1. The highest BCUT2D eigenvalue weighted by molar-refractivity contribution is 6.38. The number of aliphatic imine (C=N–C) groups is 1. The molecule has 0 aromatic heterocycles. The van der Waals surface area contributed by atoms with Crippen molar-refractivity contribution in [2.75, 3.05) is 18.4 Å². The molecular formula is C19H19Cl3N4. The van der Waals surface area contributed by atoms with Crippen molar-refractivity contribution in [3.8, 4) is 0 Å². The van der Waals surface area contributed by atoms with Gasteiger partial charge in [-0.05, 0) is 55.8 Å². The van der Waals surface area contributed by atoms with E-state index in [1.165, 1.54) is 0 Å². The van der Waals surface area contributed by atoms with Gasteiger partial charge in [0, 0.05) is 11.6 Å².